The Kier molecular flexibility index (Phi) is 8.50. The number of nitriles is 1. The van der Waals surface area contributed by atoms with Crippen molar-refractivity contribution >= 4 is 34.4 Å². The molecule has 2 fully saturated rings. The van der Waals surface area contributed by atoms with Crippen LogP contribution in [0.25, 0.3) is 22.0 Å². The first-order valence-corrected chi connectivity index (χ1v) is 15.7. The van der Waals surface area contributed by atoms with Crippen LogP contribution in [-0.2, 0) is 11.2 Å². The van der Waals surface area contributed by atoms with Crippen LogP contribution in [0.3, 0.4) is 0 Å². The number of carbonyl (C=O) groups excluding carboxylic acids is 1. The van der Waals surface area contributed by atoms with Crippen molar-refractivity contribution in [3.05, 3.63) is 54.1 Å². The highest BCUT2D eigenvalue weighted by Crippen LogP contribution is 2.41. The monoisotopic (exact) mass is 604 g/mol. The molecule has 43 heavy (non-hydrogen) atoms. The summed E-state index contributed by atoms with van der Waals surface area (Å²) < 4.78 is 37.4. The number of carbonyl (C=O) groups is 1. The highest BCUT2D eigenvalue weighted by atomic mass is 32.2. The first-order chi connectivity index (χ1) is 20.9. The van der Waals surface area contributed by atoms with Gasteiger partial charge in [-0.25, -0.2) is 8.78 Å². The van der Waals surface area contributed by atoms with Gasteiger partial charge in [0.05, 0.1) is 18.5 Å². The minimum Gasteiger partial charge on any atom is -0.462 e. The lowest BCUT2D eigenvalue weighted by Crippen LogP contribution is -2.55. The number of piperazine rings is 1. The van der Waals surface area contributed by atoms with E-state index in [1.807, 2.05) is 11.0 Å². The second-order valence-corrected chi connectivity index (χ2v) is 12.4. The van der Waals surface area contributed by atoms with E-state index in [-0.39, 0.29) is 41.8 Å². The van der Waals surface area contributed by atoms with E-state index in [1.54, 1.807) is 17.0 Å². The second kappa shape index (κ2) is 12.5. The smallest absolute Gasteiger partial charge is 0.319 e. The topological polar surface area (TPSA) is 85.6 Å². The van der Waals surface area contributed by atoms with Crippen molar-refractivity contribution in [2.24, 2.45) is 0 Å². The average Bonchev–Trinajstić information content (AvgIpc) is 3.44. The van der Waals surface area contributed by atoms with E-state index >= 15 is 4.39 Å². The number of fused-ring (bicyclic) bond motifs is 2. The Balaban J connectivity index is 1.43. The van der Waals surface area contributed by atoms with Crippen molar-refractivity contribution in [3.63, 3.8) is 0 Å². The molecule has 3 aromatic rings. The van der Waals surface area contributed by atoms with Crippen LogP contribution < -0.4 is 9.64 Å². The van der Waals surface area contributed by atoms with Gasteiger partial charge in [0.2, 0.25) is 5.91 Å². The maximum absolute atomic E-state index is 16.6. The van der Waals surface area contributed by atoms with E-state index < -0.39 is 5.82 Å². The molecule has 224 valence electrons. The molecule has 3 aliphatic heterocycles. The number of likely N-dealkylation sites (tertiary alicyclic amines) is 1. The lowest BCUT2D eigenvalue weighted by molar-refractivity contribution is -0.128. The van der Waals surface area contributed by atoms with Crippen molar-refractivity contribution in [2.75, 3.05) is 50.5 Å². The number of aromatic nitrogens is 2. The van der Waals surface area contributed by atoms with Gasteiger partial charge in [-0.1, -0.05) is 18.7 Å². The molecule has 0 radical (unpaired) electrons. The van der Waals surface area contributed by atoms with Gasteiger partial charge >= 0.3 is 6.01 Å². The van der Waals surface area contributed by atoms with Crippen LogP contribution in [0.15, 0.2) is 41.8 Å². The van der Waals surface area contributed by atoms with Gasteiger partial charge in [-0.2, -0.15) is 15.2 Å². The summed E-state index contributed by atoms with van der Waals surface area (Å²) in [5.74, 6) is 0.314. The Bertz CT molecular complexity index is 1610. The SMILES string of the molecule is C=CC(=O)N1CCN(c2nc(OC[C@@H]3CCCN3C)nc3c(F)c(-c4ccc(F)c5c4CCCS5)ccc23)C[C@@H]1CC#N. The van der Waals surface area contributed by atoms with E-state index in [4.69, 9.17) is 9.72 Å². The molecule has 11 heteroatoms. The standard InChI is InChI=1S/C32H34F2N6O2S/c1-3-27(41)40-16-15-39(18-20(40)12-13-35)31-25-9-8-23(22-10-11-26(33)30-24(22)7-5-17-43-30)28(34)29(25)36-32(37-31)42-19-21-6-4-14-38(21)2/h3,8-11,20-21H,1,4-7,12,14-19H2,2H3/t20-,21-/m0/s1. The minimum absolute atomic E-state index is 0.0805. The number of ether oxygens (including phenoxy) is 1. The van der Waals surface area contributed by atoms with Gasteiger partial charge in [-0.05, 0) is 74.4 Å². The van der Waals surface area contributed by atoms with Crippen LogP contribution in [0, 0.1) is 23.0 Å². The summed E-state index contributed by atoms with van der Waals surface area (Å²) in [5, 5.41) is 9.99. The zero-order valence-corrected chi connectivity index (χ0v) is 25.0. The van der Waals surface area contributed by atoms with Gasteiger partial charge in [0.15, 0.2) is 5.82 Å². The number of hydrogen-bond donors (Lipinski definition) is 0. The van der Waals surface area contributed by atoms with Crippen LogP contribution in [0.5, 0.6) is 6.01 Å². The lowest BCUT2D eigenvalue weighted by atomic mass is 9.95. The molecule has 3 aliphatic rings. The molecule has 2 saturated heterocycles. The fourth-order valence-corrected chi connectivity index (χ4v) is 7.50. The van der Waals surface area contributed by atoms with Crippen molar-refractivity contribution in [1.29, 1.82) is 5.26 Å². The molecule has 0 spiro atoms. The molecule has 1 aromatic heterocycles. The zero-order chi connectivity index (χ0) is 30.1. The van der Waals surface area contributed by atoms with Crippen LogP contribution >= 0.6 is 11.8 Å². The predicted molar refractivity (Wildman–Crippen MR) is 163 cm³/mol. The second-order valence-electron chi connectivity index (χ2n) is 11.3. The third-order valence-corrected chi connectivity index (χ3v) is 9.95. The Morgan fingerprint density at radius 1 is 1.16 bits per heavy atom. The molecule has 0 bridgehead atoms. The van der Waals surface area contributed by atoms with Crippen LogP contribution in [-0.4, -0.2) is 83.3 Å². The summed E-state index contributed by atoms with van der Waals surface area (Å²) in [5.41, 5.74) is 1.98. The molecule has 0 N–H and O–H groups in total. The van der Waals surface area contributed by atoms with Gasteiger partial charge in [0.25, 0.3) is 0 Å². The molecular formula is C32H34F2N6O2S. The van der Waals surface area contributed by atoms with Gasteiger partial charge in [0.1, 0.15) is 23.8 Å². The minimum atomic E-state index is -0.512. The molecule has 0 saturated carbocycles. The van der Waals surface area contributed by atoms with E-state index in [0.717, 1.165) is 37.1 Å². The molecule has 4 heterocycles. The third kappa shape index (κ3) is 5.66. The summed E-state index contributed by atoms with van der Waals surface area (Å²) in [4.78, 5) is 28.3. The maximum atomic E-state index is 16.6. The number of nitrogens with zero attached hydrogens (tertiary/aromatic N) is 6. The highest BCUT2D eigenvalue weighted by Gasteiger charge is 2.32. The van der Waals surface area contributed by atoms with Crippen LogP contribution in [0.4, 0.5) is 14.6 Å². The molecule has 8 nitrogen and oxygen atoms in total. The fraction of sp³-hybridized carbons (Fsp3) is 0.438. The molecule has 0 unspecified atom stereocenters. The molecule has 0 aliphatic carbocycles. The van der Waals surface area contributed by atoms with Crippen molar-refractivity contribution in [1.82, 2.24) is 19.8 Å². The summed E-state index contributed by atoms with van der Waals surface area (Å²) in [6.45, 7) is 6.12. The van der Waals surface area contributed by atoms with Crippen molar-refractivity contribution in [2.45, 2.75) is 49.1 Å². The van der Waals surface area contributed by atoms with E-state index in [2.05, 4.69) is 29.6 Å². The maximum Gasteiger partial charge on any atom is 0.319 e. The summed E-state index contributed by atoms with van der Waals surface area (Å²) >= 11 is 1.47. The Hall–Kier alpha value is -3.75. The van der Waals surface area contributed by atoms with Gasteiger partial charge in [0, 0.05) is 41.5 Å². The zero-order valence-electron chi connectivity index (χ0n) is 24.2. The largest absolute Gasteiger partial charge is 0.462 e. The number of rotatable bonds is 7. The molecule has 6 rings (SSSR count). The fourth-order valence-electron chi connectivity index (χ4n) is 6.41. The number of benzene rings is 2. The quantitative estimate of drug-likeness (QED) is 0.340. The summed E-state index contributed by atoms with van der Waals surface area (Å²) in [7, 11) is 2.06. The van der Waals surface area contributed by atoms with E-state index in [0.29, 0.717) is 59.9 Å². The number of anilines is 1. The molecular weight excluding hydrogens is 570 g/mol. The van der Waals surface area contributed by atoms with Gasteiger partial charge < -0.3 is 19.4 Å². The number of halogens is 2. The highest BCUT2D eigenvalue weighted by molar-refractivity contribution is 7.99. The van der Waals surface area contributed by atoms with E-state index in [1.165, 1.54) is 23.9 Å². The Labute approximate surface area is 254 Å². The normalized spacial score (nSPS) is 20.6. The summed E-state index contributed by atoms with van der Waals surface area (Å²) in [6, 6.07) is 8.70. The molecule has 1 amide bonds. The molecule has 2 atom stereocenters. The Morgan fingerprint density at radius 2 is 2.00 bits per heavy atom. The third-order valence-electron chi connectivity index (χ3n) is 8.73. The summed E-state index contributed by atoms with van der Waals surface area (Å²) in [6.07, 6.45) is 5.06. The predicted octanol–water partition coefficient (Wildman–Crippen LogP) is 5.20. The number of amides is 1. The van der Waals surface area contributed by atoms with Crippen molar-refractivity contribution < 1.29 is 18.3 Å². The van der Waals surface area contributed by atoms with Crippen molar-refractivity contribution in [3.8, 4) is 23.2 Å². The first kappa shape index (κ1) is 29.3. The lowest BCUT2D eigenvalue weighted by Gasteiger charge is -2.41. The van der Waals surface area contributed by atoms with Gasteiger partial charge in [-0.3, -0.25) is 4.79 Å². The van der Waals surface area contributed by atoms with Crippen LogP contribution in [0.1, 0.15) is 31.2 Å². The van der Waals surface area contributed by atoms with Crippen LogP contribution in [0.2, 0.25) is 0 Å². The number of likely N-dealkylation sites (N-methyl/N-ethyl adjacent to an activating group) is 1. The average molecular weight is 605 g/mol. The Morgan fingerprint density at radius 3 is 2.77 bits per heavy atom. The first-order valence-electron chi connectivity index (χ1n) is 14.7. The van der Waals surface area contributed by atoms with Gasteiger partial charge in [-0.15, -0.1) is 11.8 Å². The molecule has 2 aromatic carbocycles. The number of hydrogen-bond acceptors (Lipinski definition) is 8. The number of thioether (sulfide) groups is 1. The van der Waals surface area contributed by atoms with E-state index in [9.17, 15) is 14.4 Å².